The van der Waals surface area contributed by atoms with Crippen LogP contribution in [0.1, 0.15) is 101 Å². The molecule has 0 radical (unpaired) electrons. The van der Waals surface area contributed by atoms with Crippen LogP contribution >= 0.6 is 11.5 Å². The minimum Gasteiger partial charge on any atom is -0.508 e. The Kier molecular flexibility index (Phi) is 8.35. The van der Waals surface area contributed by atoms with Crippen molar-refractivity contribution in [3.8, 4) is 5.75 Å². The van der Waals surface area contributed by atoms with Crippen molar-refractivity contribution in [3.63, 3.8) is 0 Å². The topological polar surface area (TPSA) is 152 Å². The van der Waals surface area contributed by atoms with Crippen molar-refractivity contribution in [2.24, 2.45) is 5.73 Å². The van der Waals surface area contributed by atoms with E-state index in [0.29, 0.717) is 17.2 Å². The lowest BCUT2D eigenvalue weighted by Crippen LogP contribution is -2.46. The largest absolute Gasteiger partial charge is 0.508 e. The fraction of sp³-hybridized carbons (Fsp3) is 0.400. The van der Waals surface area contributed by atoms with Crippen molar-refractivity contribution in [2.75, 3.05) is 10.6 Å². The Bertz CT molecular complexity index is 1360. The molecule has 10 heteroatoms. The molecule has 1 heterocycles. The van der Waals surface area contributed by atoms with Gasteiger partial charge in [-0.1, -0.05) is 56.4 Å². The van der Waals surface area contributed by atoms with Gasteiger partial charge < -0.3 is 21.9 Å². The van der Waals surface area contributed by atoms with Crippen LogP contribution in [0.3, 0.4) is 0 Å². The molecule has 2 aromatic carbocycles. The second-order valence-electron chi connectivity index (χ2n) is 10.7. The van der Waals surface area contributed by atoms with E-state index in [4.69, 9.17) is 11.5 Å². The summed E-state index contributed by atoms with van der Waals surface area (Å²) in [5.41, 5.74) is 13.6. The van der Waals surface area contributed by atoms with Crippen LogP contribution < -0.4 is 21.7 Å². The summed E-state index contributed by atoms with van der Waals surface area (Å²) in [6.07, 6.45) is 9.75. The molecule has 0 spiro atoms. The van der Waals surface area contributed by atoms with Gasteiger partial charge in [-0.15, -0.1) is 0 Å². The maximum Gasteiger partial charge on any atom is 0.273 e. The summed E-state index contributed by atoms with van der Waals surface area (Å²) < 4.78 is 4.02. The highest BCUT2D eigenvalue weighted by atomic mass is 32.1. The molecule has 2 aliphatic rings. The molecular weight excluding hydrogens is 526 g/mol. The van der Waals surface area contributed by atoms with Gasteiger partial charge >= 0.3 is 0 Å². The number of benzene rings is 2. The molecule has 210 valence electrons. The van der Waals surface area contributed by atoms with E-state index in [1.807, 2.05) is 24.3 Å². The summed E-state index contributed by atoms with van der Waals surface area (Å²) in [5, 5.41) is 13.1. The number of carbonyl (C=O) groups excluding carboxylic acids is 3. The number of phenolic OH excluding ortho intramolecular Hbond substituents is 1. The highest BCUT2D eigenvalue weighted by Crippen LogP contribution is 2.37. The van der Waals surface area contributed by atoms with E-state index in [9.17, 15) is 19.5 Å². The summed E-state index contributed by atoms with van der Waals surface area (Å²) >= 11 is 0.782. The van der Waals surface area contributed by atoms with Crippen molar-refractivity contribution < 1.29 is 19.5 Å². The van der Waals surface area contributed by atoms with Crippen molar-refractivity contribution in [3.05, 3.63) is 70.2 Å². The fourth-order valence-electron chi connectivity index (χ4n) is 5.89. The maximum absolute atomic E-state index is 14.2. The number of hydrogen-bond acceptors (Lipinski definition) is 7. The second-order valence-corrected chi connectivity index (χ2v) is 11.5. The molecule has 2 fully saturated rings. The van der Waals surface area contributed by atoms with Crippen LogP contribution in [0.2, 0.25) is 0 Å². The summed E-state index contributed by atoms with van der Waals surface area (Å²) in [4.78, 5) is 41.5. The number of nitrogens with two attached hydrogens (primary N) is 2. The van der Waals surface area contributed by atoms with Crippen LogP contribution in [0.5, 0.6) is 5.75 Å². The predicted octanol–water partition coefficient (Wildman–Crippen LogP) is 5.02. The summed E-state index contributed by atoms with van der Waals surface area (Å²) in [6, 6.07) is 13.0. The molecular formula is C30H35N5O4S. The third-order valence-electron chi connectivity index (χ3n) is 8.04. The van der Waals surface area contributed by atoms with Crippen molar-refractivity contribution in [1.82, 2.24) is 9.69 Å². The molecule has 9 nitrogen and oxygen atoms in total. The Morgan fingerprint density at radius 2 is 1.55 bits per heavy atom. The van der Waals surface area contributed by atoms with E-state index in [-0.39, 0.29) is 34.0 Å². The highest BCUT2D eigenvalue weighted by Gasteiger charge is 2.37. The monoisotopic (exact) mass is 561 g/mol. The van der Waals surface area contributed by atoms with Gasteiger partial charge in [0.1, 0.15) is 16.7 Å². The first-order chi connectivity index (χ1) is 19.3. The molecule has 5 rings (SSSR count). The Balaban J connectivity index is 1.59. The van der Waals surface area contributed by atoms with Gasteiger partial charge in [0, 0.05) is 11.7 Å². The lowest BCUT2D eigenvalue weighted by Gasteiger charge is -2.32. The quantitative estimate of drug-likeness (QED) is 0.303. The molecule has 0 unspecified atom stereocenters. The van der Waals surface area contributed by atoms with E-state index < -0.39 is 17.9 Å². The van der Waals surface area contributed by atoms with Crippen molar-refractivity contribution in [2.45, 2.75) is 75.8 Å². The van der Waals surface area contributed by atoms with Gasteiger partial charge in [-0.2, -0.15) is 4.37 Å². The lowest BCUT2D eigenvalue weighted by atomic mass is 9.84. The number of aromatic hydroxyl groups is 1. The molecule has 1 atom stereocenters. The molecule has 1 aromatic heterocycles. The second kappa shape index (κ2) is 12.1. The molecule has 3 aromatic rings. The van der Waals surface area contributed by atoms with Crippen LogP contribution in [0.4, 0.5) is 11.4 Å². The SMILES string of the molecule is NC(=O)c1nsc(C(=O)N(c2ccc(C3CCCCC3)cc2)[C@@H](C(=O)NC2CCCC2)c2ccc(O)cc2)c1N. The Morgan fingerprint density at radius 1 is 0.925 bits per heavy atom. The molecule has 40 heavy (non-hydrogen) atoms. The number of hydrogen-bond donors (Lipinski definition) is 4. The third-order valence-corrected chi connectivity index (χ3v) is 8.89. The number of nitrogen functional groups attached to an aromatic ring is 1. The Labute approximate surface area is 237 Å². The van der Waals surface area contributed by atoms with Crippen LogP contribution in [-0.4, -0.2) is 33.2 Å². The van der Waals surface area contributed by atoms with Crippen LogP contribution in [0.15, 0.2) is 48.5 Å². The third kappa shape index (κ3) is 5.82. The minimum absolute atomic E-state index is 0.0210. The summed E-state index contributed by atoms with van der Waals surface area (Å²) in [7, 11) is 0. The van der Waals surface area contributed by atoms with Gasteiger partial charge in [-0.25, -0.2) is 0 Å². The number of aromatic nitrogens is 1. The molecule has 2 saturated carbocycles. The van der Waals surface area contributed by atoms with Gasteiger partial charge in [0.25, 0.3) is 11.8 Å². The zero-order valence-corrected chi connectivity index (χ0v) is 23.2. The number of anilines is 2. The maximum atomic E-state index is 14.2. The average Bonchev–Trinajstić information content (AvgIpc) is 3.62. The zero-order chi connectivity index (χ0) is 28.2. The van der Waals surface area contributed by atoms with Crippen LogP contribution in [0, 0.1) is 0 Å². The normalized spacial score (nSPS) is 16.9. The van der Waals surface area contributed by atoms with Gasteiger partial charge in [-0.05, 0) is 78.5 Å². The minimum atomic E-state index is -1.06. The number of primary amides is 1. The zero-order valence-electron chi connectivity index (χ0n) is 22.3. The van der Waals surface area contributed by atoms with Gasteiger partial charge in [0.2, 0.25) is 5.91 Å². The van der Waals surface area contributed by atoms with E-state index in [2.05, 4.69) is 9.69 Å². The molecule has 0 bridgehead atoms. The first-order valence-corrected chi connectivity index (χ1v) is 14.7. The molecule has 6 N–H and O–H groups in total. The molecule has 0 aliphatic heterocycles. The van der Waals surface area contributed by atoms with Crippen LogP contribution in [-0.2, 0) is 4.79 Å². The van der Waals surface area contributed by atoms with Gasteiger partial charge in [0.15, 0.2) is 5.69 Å². The number of carbonyl (C=O) groups is 3. The Hall–Kier alpha value is -3.92. The molecule has 0 saturated heterocycles. The van der Waals surface area contributed by atoms with Crippen LogP contribution in [0.25, 0.3) is 0 Å². The smallest absolute Gasteiger partial charge is 0.273 e. The van der Waals surface area contributed by atoms with Crippen molar-refractivity contribution >= 4 is 40.6 Å². The molecule has 3 amide bonds. The average molecular weight is 562 g/mol. The Morgan fingerprint density at radius 3 is 2.15 bits per heavy atom. The highest BCUT2D eigenvalue weighted by molar-refractivity contribution is 7.09. The number of nitrogens with zero attached hydrogens (tertiary/aromatic N) is 2. The standard InChI is InChI=1S/C30H35N5O4S/c31-24-25(28(32)37)34-40-27(24)30(39)35(22-14-10-19(11-15-22)18-6-2-1-3-7-18)26(20-12-16-23(36)17-13-20)29(38)33-21-8-4-5-9-21/h10-18,21,26,36H,1-9,31H2,(H2,32,37)(H,33,38)/t26-/m1/s1. The van der Waals surface area contributed by atoms with E-state index in [1.54, 1.807) is 12.1 Å². The first-order valence-electron chi connectivity index (χ1n) is 13.9. The van der Waals surface area contributed by atoms with E-state index in [1.165, 1.54) is 41.9 Å². The number of rotatable bonds is 8. The molecule has 2 aliphatic carbocycles. The first kappa shape index (κ1) is 27.6. The predicted molar refractivity (Wildman–Crippen MR) is 155 cm³/mol. The lowest BCUT2D eigenvalue weighted by molar-refractivity contribution is -0.123. The number of phenols is 1. The van der Waals surface area contributed by atoms with Crippen molar-refractivity contribution in [1.29, 1.82) is 0 Å². The number of nitrogens with one attached hydrogen (secondary N) is 1. The summed E-state index contributed by atoms with van der Waals surface area (Å²) in [6.45, 7) is 0. The van der Waals surface area contributed by atoms with Gasteiger partial charge in [0.05, 0.1) is 5.69 Å². The van der Waals surface area contributed by atoms with E-state index in [0.717, 1.165) is 50.1 Å². The fourth-order valence-corrected chi connectivity index (χ4v) is 6.63. The van der Waals surface area contributed by atoms with Gasteiger partial charge in [-0.3, -0.25) is 19.3 Å². The van der Waals surface area contributed by atoms with E-state index >= 15 is 0 Å². The summed E-state index contributed by atoms with van der Waals surface area (Å²) in [5.74, 6) is -1.20. The number of amides is 3.